The van der Waals surface area contributed by atoms with Crippen LogP contribution in [0.4, 0.5) is 11.5 Å². The first-order chi connectivity index (χ1) is 14.0. The normalized spacial score (nSPS) is 10.7. The highest BCUT2D eigenvalue weighted by Crippen LogP contribution is 2.23. The van der Waals surface area contributed by atoms with E-state index in [2.05, 4.69) is 25.7 Å². The summed E-state index contributed by atoms with van der Waals surface area (Å²) < 4.78 is 1.78. The summed E-state index contributed by atoms with van der Waals surface area (Å²) in [7, 11) is 0. The Balaban J connectivity index is 1.62. The fourth-order valence-corrected chi connectivity index (χ4v) is 2.99. The highest BCUT2D eigenvalue weighted by Gasteiger charge is 2.13. The van der Waals surface area contributed by atoms with Crippen molar-refractivity contribution >= 4 is 34.4 Å². The van der Waals surface area contributed by atoms with Crippen molar-refractivity contribution in [2.24, 2.45) is 0 Å². The van der Waals surface area contributed by atoms with E-state index in [1.54, 1.807) is 16.9 Å². The summed E-state index contributed by atoms with van der Waals surface area (Å²) in [5.74, 6) is -0.262. The molecule has 29 heavy (non-hydrogen) atoms. The number of benzene rings is 1. The molecule has 0 saturated carbocycles. The Hall–Kier alpha value is -4.07. The Labute approximate surface area is 166 Å². The van der Waals surface area contributed by atoms with Gasteiger partial charge in [-0.25, -0.2) is 14.6 Å². The maximum absolute atomic E-state index is 12.6. The number of nitrogens with one attached hydrogen (secondary N) is 2. The minimum Gasteiger partial charge on any atom is -0.321 e. The van der Waals surface area contributed by atoms with Gasteiger partial charge in [-0.3, -0.25) is 9.59 Å². The number of nitrogens with zero attached hydrogens (tertiary/aromatic N) is 4. The molecule has 1 aromatic carbocycles. The van der Waals surface area contributed by atoms with Crippen LogP contribution in [0.2, 0.25) is 0 Å². The first-order valence-corrected chi connectivity index (χ1v) is 8.97. The summed E-state index contributed by atoms with van der Waals surface area (Å²) in [5.41, 5.74) is 3.36. The lowest BCUT2D eigenvalue weighted by Gasteiger charge is -2.07. The highest BCUT2D eigenvalue weighted by atomic mass is 16.2. The van der Waals surface area contributed by atoms with Crippen LogP contribution in [-0.2, 0) is 4.79 Å². The number of carbonyl (C=O) groups is 2. The summed E-state index contributed by atoms with van der Waals surface area (Å²) in [5, 5.41) is 10.8. The number of para-hydroxylation sites is 1. The van der Waals surface area contributed by atoms with Gasteiger partial charge in [-0.15, -0.1) is 0 Å². The number of amides is 2. The summed E-state index contributed by atoms with van der Waals surface area (Å²) >= 11 is 0. The Morgan fingerprint density at radius 2 is 1.79 bits per heavy atom. The van der Waals surface area contributed by atoms with Crippen molar-refractivity contribution in [2.75, 3.05) is 10.6 Å². The molecule has 3 aromatic heterocycles. The molecule has 2 N–H and O–H groups in total. The monoisotopic (exact) mass is 386 g/mol. The molecule has 0 aliphatic rings. The van der Waals surface area contributed by atoms with Crippen LogP contribution >= 0.6 is 0 Å². The molecule has 0 radical (unpaired) electrons. The van der Waals surface area contributed by atoms with Crippen molar-refractivity contribution in [2.45, 2.75) is 13.8 Å². The van der Waals surface area contributed by atoms with Gasteiger partial charge in [0, 0.05) is 24.1 Å². The minimum atomic E-state index is -0.326. The van der Waals surface area contributed by atoms with Crippen LogP contribution in [0, 0.1) is 6.92 Å². The fraction of sp³-hybridized carbons (Fsp3) is 0.0952. The van der Waals surface area contributed by atoms with Gasteiger partial charge in [0.1, 0.15) is 5.82 Å². The average molecular weight is 386 g/mol. The molecule has 2 amide bonds. The van der Waals surface area contributed by atoms with Crippen molar-refractivity contribution in [1.29, 1.82) is 0 Å². The topological polar surface area (TPSA) is 102 Å². The van der Waals surface area contributed by atoms with Gasteiger partial charge in [0.25, 0.3) is 5.91 Å². The number of hydrogen-bond donors (Lipinski definition) is 2. The first kappa shape index (κ1) is 18.3. The second kappa shape index (κ2) is 7.51. The second-order valence-corrected chi connectivity index (χ2v) is 6.49. The first-order valence-electron chi connectivity index (χ1n) is 8.97. The summed E-state index contributed by atoms with van der Waals surface area (Å²) in [6.45, 7) is 3.28. The zero-order valence-electron chi connectivity index (χ0n) is 15.9. The molecule has 8 nitrogen and oxygen atoms in total. The Morgan fingerprint density at radius 3 is 2.55 bits per heavy atom. The van der Waals surface area contributed by atoms with Crippen molar-refractivity contribution < 1.29 is 9.59 Å². The third kappa shape index (κ3) is 3.81. The maximum Gasteiger partial charge on any atom is 0.255 e. The second-order valence-electron chi connectivity index (χ2n) is 6.49. The number of carbonyl (C=O) groups excluding carboxylic acids is 2. The third-order valence-electron chi connectivity index (χ3n) is 4.29. The quantitative estimate of drug-likeness (QED) is 0.560. The number of pyridine rings is 2. The number of aromatic nitrogens is 4. The van der Waals surface area contributed by atoms with E-state index in [0.717, 1.165) is 16.8 Å². The molecule has 3 heterocycles. The molecule has 0 spiro atoms. The van der Waals surface area contributed by atoms with E-state index in [1.165, 1.54) is 19.2 Å². The van der Waals surface area contributed by atoms with Crippen molar-refractivity contribution in [3.63, 3.8) is 0 Å². The van der Waals surface area contributed by atoms with Crippen molar-refractivity contribution in [3.8, 4) is 5.69 Å². The molecule has 144 valence electrons. The minimum absolute atomic E-state index is 0.254. The number of fused-ring (bicyclic) bond motifs is 1. The number of hydrogen-bond acceptors (Lipinski definition) is 5. The van der Waals surface area contributed by atoms with E-state index in [-0.39, 0.29) is 11.8 Å². The van der Waals surface area contributed by atoms with E-state index in [9.17, 15) is 9.59 Å². The van der Waals surface area contributed by atoms with Gasteiger partial charge in [0.15, 0.2) is 5.65 Å². The van der Waals surface area contributed by atoms with E-state index in [0.29, 0.717) is 22.7 Å². The van der Waals surface area contributed by atoms with Crippen LogP contribution in [0.15, 0.2) is 60.9 Å². The van der Waals surface area contributed by atoms with Crippen LogP contribution in [-0.4, -0.2) is 31.6 Å². The van der Waals surface area contributed by atoms with Crippen molar-refractivity contribution in [3.05, 3.63) is 72.2 Å². The molecule has 0 atom stereocenters. The number of aryl methyl sites for hydroxylation is 1. The smallest absolute Gasteiger partial charge is 0.255 e. The Kier molecular flexibility index (Phi) is 4.74. The van der Waals surface area contributed by atoms with Gasteiger partial charge in [-0.05, 0) is 37.3 Å². The zero-order chi connectivity index (χ0) is 20.4. The lowest BCUT2D eigenvalue weighted by Crippen LogP contribution is -2.14. The van der Waals surface area contributed by atoms with E-state index < -0.39 is 0 Å². The van der Waals surface area contributed by atoms with Gasteiger partial charge < -0.3 is 10.6 Å². The molecular weight excluding hydrogens is 368 g/mol. The van der Waals surface area contributed by atoms with Gasteiger partial charge in [-0.1, -0.05) is 18.2 Å². The maximum atomic E-state index is 12.6. The zero-order valence-corrected chi connectivity index (χ0v) is 15.9. The van der Waals surface area contributed by atoms with Gasteiger partial charge in [0.2, 0.25) is 5.91 Å². The van der Waals surface area contributed by atoms with E-state index >= 15 is 0 Å². The van der Waals surface area contributed by atoms with Gasteiger partial charge >= 0.3 is 0 Å². The van der Waals surface area contributed by atoms with E-state index in [4.69, 9.17) is 0 Å². The van der Waals surface area contributed by atoms with Gasteiger partial charge in [-0.2, -0.15) is 5.10 Å². The van der Waals surface area contributed by atoms with Crippen LogP contribution in [0.1, 0.15) is 23.0 Å². The summed E-state index contributed by atoms with van der Waals surface area (Å²) in [4.78, 5) is 32.3. The van der Waals surface area contributed by atoms with Crippen LogP contribution in [0.5, 0.6) is 0 Å². The predicted molar refractivity (Wildman–Crippen MR) is 110 cm³/mol. The van der Waals surface area contributed by atoms with Gasteiger partial charge in [0.05, 0.1) is 23.3 Å². The largest absolute Gasteiger partial charge is 0.321 e. The van der Waals surface area contributed by atoms with Crippen LogP contribution in [0.25, 0.3) is 16.7 Å². The summed E-state index contributed by atoms with van der Waals surface area (Å²) in [6, 6.07) is 14.7. The third-order valence-corrected chi connectivity index (χ3v) is 4.29. The molecule has 8 heteroatoms. The molecule has 0 unspecified atom stereocenters. The lowest BCUT2D eigenvalue weighted by atomic mass is 10.2. The molecular formula is C21H18N6O2. The predicted octanol–water partition coefficient (Wildman–Crippen LogP) is 3.33. The number of anilines is 2. The molecule has 0 saturated heterocycles. The molecule has 0 fully saturated rings. The Morgan fingerprint density at radius 1 is 1.00 bits per heavy atom. The fourth-order valence-electron chi connectivity index (χ4n) is 2.99. The molecule has 0 aliphatic heterocycles. The van der Waals surface area contributed by atoms with Crippen LogP contribution < -0.4 is 10.6 Å². The molecule has 4 rings (SSSR count). The SMILES string of the molecule is CC(=O)Nc1cc(C(=O)Nc2cnc3c(c2)c(C)nn3-c2ccccc2)ccn1. The van der Waals surface area contributed by atoms with Crippen molar-refractivity contribution in [1.82, 2.24) is 19.7 Å². The van der Waals surface area contributed by atoms with E-state index in [1.807, 2.05) is 43.3 Å². The molecule has 4 aromatic rings. The average Bonchev–Trinajstić information content (AvgIpc) is 3.04. The number of rotatable bonds is 4. The molecule has 0 aliphatic carbocycles. The lowest BCUT2D eigenvalue weighted by molar-refractivity contribution is -0.114. The van der Waals surface area contributed by atoms with Crippen LogP contribution in [0.3, 0.4) is 0 Å². The molecule has 0 bridgehead atoms. The summed E-state index contributed by atoms with van der Waals surface area (Å²) in [6.07, 6.45) is 3.06. The highest BCUT2D eigenvalue weighted by molar-refractivity contribution is 6.05. The standard InChI is InChI=1S/C21H18N6O2/c1-13-18-11-16(12-23-20(18)27(26-13)17-6-4-3-5-7-17)25-21(29)15-8-9-22-19(10-15)24-14(2)28/h3-12H,1-2H3,(H,25,29)(H,22,24,28). The Bertz CT molecular complexity index is 1220.